The molecule has 0 aliphatic heterocycles. The van der Waals surface area contributed by atoms with Gasteiger partial charge in [-0.25, -0.2) is 0 Å². The van der Waals surface area contributed by atoms with E-state index < -0.39 is 0 Å². The van der Waals surface area contributed by atoms with Crippen LogP contribution in [0.5, 0.6) is 5.75 Å². The van der Waals surface area contributed by atoms with Crippen molar-refractivity contribution >= 4 is 34.0 Å². The van der Waals surface area contributed by atoms with E-state index in [0.717, 1.165) is 28.1 Å². The molecule has 2 aromatic carbocycles. The van der Waals surface area contributed by atoms with Crippen molar-refractivity contribution in [3.63, 3.8) is 0 Å². The third-order valence-electron chi connectivity index (χ3n) is 3.69. The van der Waals surface area contributed by atoms with E-state index in [9.17, 15) is 9.59 Å². The topological polar surface area (TPSA) is 48.3 Å². The van der Waals surface area contributed by atoms with Gasteiger partial charge in [0.1, 0.15) is 12.0 Å². The predicted molar refractivity (Wildman–Crippen MR) is 82.3 cm³/mol. The molecule has 106 valence electrons. The van der Waals surface area contributed by atoms with Gasteiger partial charge in [-0.2, -0.15) is 0 Å². The molecule has 0 N–H and O–H groups in total. The van der Waals surface area contributed by atoms with E-state index >= 15 is 0 Å². The van der Waals surface area contributed by atoms with Crippen LogP contribution >= 0.6 is 0 Å². The van der Waals surface area contributed by atoms with Crippen molar-refractivity contribution in [3.05, 3.63) is 42.0 Å². The number of hydrogen-bond acceptors (Lipinski definition) is 3. The number of methoxy groups -OCH3 is 1. The average molecular weight is 281 g/mol. The first kappa shape index (κ1) is 13.4. The van der Waals surface area contributed by atoms with Crippen LogP contribution in [0.3, 0.4) is 0 Å². The molecule has 1 aromatic heterocycles. The summed E-state index contributed by atoms with van der Waals surface area (Å²) in [6.07, 6.45) is 1.18. The smallest absolute Gasteiger partial charge is 0.231 e. The summed E-state index contributed by atoms with van der Waals surface area (Å²) in [4.78, 5) is 23.3. The monoisotopic (exact) mass is 281 g/mol. The Morgan fingerprint density at radius 1 is 1.14 bits per heavy atom. The van der Waals surface area contributed by atoms with Gasteiger partial charge in [-0.1, -0.05) is 19.1 Å². The molecule has 0 fully saturated rings. The number of ether oxygens (including phenoxy) is 1. The fourth-order valence-corrected chi connectivity index (χ4v) is 2.64. The Labute approximate surface area is 121 Å². The first-order valence-electron chi connectivity index (χ1n) is 6.80. The summed E-state index contributed by atoms with van der Waals surface area (Å²) in [5.41, 5.74) is 2.12. The number of aldehydes is 1. The highest BCUT2D eigenvalue weighted by molar-refractivity contribution is 6.14. The van der Waals surface area contributed by atoms with Crippen LogP contribution in [0.4, 0.5) is 0 Å². The molecule has 21 heavy (non-hydrogen) atoms. The van der Waals surface area contributed by atoms with Crippen molar-refractivity contribution in [2.45, 2.75) is 13.3 Å². The Morgan fingerprint density at radius 3 is 2.43 bits per heavy atom. The Balaban J connectivity index is 2.48. The van der Waals surface area contributed by atoms with E-state index in [4.69, 9.17) is 4.74 Å². The molecule has 0 unspecified atom stereocenters. The zero-order chi connectivity index (χ0) is 15.0. The molecular weight excluding hydrogens is 266 g/mol. The SMILES string of the molecule is CCC(=O)n1c2cc(C=O)ccc2c2ccc(OC)cc21. The molecule has 0 radical (unpaired) electrons. The lowest BCUT2D eigenvalue weighted by molar-refractivity contribution is 0.0918. The maximum atomic E-state index is 12.3. The zero-order valence-electron chi connectivity index (χ0n) is 11.9. The maximum absolute atomic E-state index is 12.3. The summed E-state index contributed by atoms with van der Waals surface area (Å²) in [7, 11) is 1.60. The molecule has 0 saturated heterocycles. The van der Waals surface area contributed by atoms with Crippen LogP contribution in [0.2, 0.25) is 0 Å². The standard InChI is InChI=1S/C17H15NO3/c1-3-17(20)18-15-8-11(10-19)4-6-13(15)14-7-5-12(21-2)9-16(14)18/h4-10H,3H2,1-2H3. The summed E-state index contributed by atoms with van der Waals surface area (Å²) in [5, 5.41) is 1.94. The molecule has 3 rings (SSSR count). The fraction of sp³-hybridized carbons (Fsp3) is 0.176. The molecule has 4 nitrogen and oxygen atoms in total. The van der Waals surface area contributed by atoms with Gasteiger partial charge < -0.3 is 4.74 Å². The van der Waals surface area contributed by atoms with E-state index in [2.05, 4.69) is 0 Å². The average Bonchev–Trinajstić information content (AvgIpc) is 2.86. The molecule has 0 aliphatic rings. The van der Waals surface area contributed by atoms with Crippen LogP contribution in [0.15, 0.2) is 36.4 Å². The summed E-state index contributed by atoms with van der Waals surface area (Å²) >= 11 is 0. The highest BCUT2D eigenvalue weighted by Gasteiger charge is 2.15. The van der Waals surface area contributed by atoms with E-state index in [0.29, 0.717) is 17.7 Å². The molecule has 0 spiro atoms. The van der Waals surface area contributed by atoms with Gasteiger partial charge in [-0.3, -0.25) is 14.2 Å². The van der Waals surface area contributed by atoms with Gasteiger partial charge in [0.2, 0.25) is 5.91 Å². The molecule has 0 bridgehead atoms. The van der Waals surface area contributed by atoms with Crippen molar-refractivity contribution in [2.75, 3.05) is 7.11 Å². The largest absolute Gasteiger partial charge is 0.497 e. The molecular formula is C17H15NO3. The van der Waals surface area contributed by atoms with Crippen molar-refractivity contribution in [2.24, 2.45) is 0 Å². The van der Waals surface area contributed by atoms with Crippen LogP contribution in [-0.4, -0.2) is 23.9 Å². The number of fused-ring (bicyclic) bond motifs is 3. The second-order valence-electron chi connectivity index (χ2n) is 4.86. The molecule has 0 aliphatic carbocycles. The van der Waals surface area contributed by atoms with E-state index in [-0.39, 0.29) is 5.91 Å². The maximum Gasteiger partial charge on any atom is 0.231 e. The first-order chi connectivity index (χ1) is 10.2. The molecule has 3 aromatic rings. The number of carbonyl (C=O) groups is 2. The fourth-order valence-electron chi connectivity index (χ4n) is 2.64. The molecule has 0 saturated carbocycles. The van der Waals surface area contributed by atoms with Crippen LogP contribution < -0.4 is 4.74 Å². The van der Waals surface area contributed by atoms with Crippen LogP contribution in [-0.2, 0) is 0 Å². The third kappa shape index (κ3) is 2.00. The van der Waals surface area contributed by atoms with Gasteiger partial charge >= 0.3 is 0 Å². The van der Waals surface area contributed by atoms with Crippen LogP contribution in [0, 0.1) is 0 Å². The highest BCUT2D eigenvalue weighted by Crippen LogP contribution is 2.32. The summed E-state index contributed by atoms with van der Waals surface area (Å²) < 4.78 is 6.92. The minimum Gasteiger partial charge on any atom is -0.497 e. The van der Waals surface area contributed by atoms with E-state index in [1.54, 1.807) is 23.8 Å². The first-order valence-corrected chi connectivity index (χ1v) is 6.80. The van der Waals surface area contributed by atoms with E-state index in [1.807, 2.05) is 31.2 Å². The Kier molecular flexibility index (Phi) is 3.22. The van der Waals surface area contributed by atoms with Crippen molar-refractivity contribution < 1.29 is 14.3 Å². The molecule has 4 heteroatoms. The second kappa shape index (κ2) is 5.05. The predicted octanol–water partition coefficient (Wildman–Crippen LogP) is 3.67. The molecule has 0 atom stereocenters. The lowest BCUT2D eigenvalue weighted by Crippen LogP contribution is -2.08. The normalized spacial score (nSPS) is 11.0. The lowest BCUT2D eigenvalue weighted by atomic mass is 10.1. The number of rotatable bonds is 3. The van der Waals surface area contributed by atoms with Crippen molar-refractivity contribution in [1.82, 2.24) is 4.57 Å². The quantitative estimate of drug-likeness (QED) is 0.688. The van der Waals surface area contributed by atoms with Crippen molar-refractivity contribution in [3.8, 4) is 5.75 Å². The number of benzene rings is 2. The zero-order valence-corrected chi connectivity index (χ0v) is 11.9. The Hall–Kier alpha value is -2.62. The van der Waals surface area contributed by atoms with Gasteiger partial charge in [0, 0.05) is 28.8 Å². The summed E-state index contributed by atoms with van der Waals surface area (Å²) in [5.74, 6) is 0.692. The Bertz CT molecular complexity index is 861. The Morgan fingerprint density at radius 2 is 1.81 bits per heavy atom. The van der Waals surface area contributed by atoms with Gasteiger partial charge in [-0.05, 0) is 18.2 Å². The second-order valence-corrected chi connectivity index (χ2v) is 4.86. The third-order valence-corrected chi connectivity index (χ3v) is 3.69. The number of hydrogen-bond donors (Lipinski definition) is 0. The lowest BCUT2D eigenvalue weighted by Gasteiger charge is -2.05. The minimum absolute atomic E-state index is 0.00805. The highest BCUT2D eigenvalue weighted by atomic mass is 16.5. The van der Waals surface area contributed by atoms with Gasteiger partial charge in [-0.15, -0.1) is 0 Å². The molecule has 1 heterocycles. The van der Waals surface area contributed by atoms with E-state index in [1.165, 1.54) is 0 Å². The van der Waals surface area contributed by atoms with Crippen LogP contribution in [0.1, 0.15) is 28.5 Å². The van der Waals surface area contributed by atoms with Crippen molar-refractivity contribution in [1.29, 1.82) is 0 Å². The number of nitrogens with zero attached hydrogens (tertiary/aromatic N) is 1. The molecule has 0 amide bonds. The van der Waals surface area contributed by atoms with Crippen LogP contribution in [0.25, 0.3) is 21.8 Å². The van der Waals surface area contributed by atoms with Gasteiger partial charge in [0.05, 0.1) is 18.1 Å². The minimum atomic E-state index is -0.00805. The summed E-state index contributed by atoms with van der Waals surface area (Å²) in [6.45, 7) is 1.82. The number of aromatic nitrogens is 1. The number of carbonyl (C=O) groups excluding carboxylic acids is 2. The van der Waals surface area contributed by atoms with Gasteiger partial charge in [0.25, 0.3) is 0 Å². The summed E-state index contributed by atoms with van der Waals surface area (Å²) in [6, 6.07) is 11.1. The van der Waals surface area contributed by atoms with Gasteiger partial charge in [0.15, 0.2) is 0 Å².